The summed E-state index contributed by atoms with van der Waals surface area (Å²) < 4.78 is 13.0. The highest BCUT2D eigenvalue weighted by Crippen LogP contribution is 2.29. The maximum Gasteiger partial charge on any atom is 0.103 e. The van der Waals surface area contributed by atoms with Crippen LogP contribution in [0.3, 0.4) is 0 Å². The Morgan fingerprint density at radius 1 is 1.30 bits per heavy atom. The predicted octanol–water partition coefficient (Wildman–Crippen LogP) is 3.31. The second kappa shape index (κ2) is 3.95. The van der Waals surface area contributed by atoms with Crippen molar-refractivity contribution in [2.24, 2.45) is 5.92 Å². The Morgan fingerprint density at radius 2 is 2.00 bits per heavy atom. The van der Waals surface area contributed by atoms with Gasteiger partial charge in [-0.15, -0.1) is 0 Å². The summed E-state index contributed by atoms with van der Waals surface area (Å²) in [5.74, 6) is 0.402. The van der Waals surface area contributed by atoms with Crippen LogP contribution >= 0.6 is 0 Å². The van der Waals surface area contributed by atoms with Gasteiger partial charge in [0.2, 0.25) is 0 Å². The standard InChI is InChI=1S/C9H17F/c1-2-5-8-6-3-4-7-9(8)10/h8-9H,2-7H2,1H3. The van der Waals surface area contributed by atoms with Crippen molar-refractivity contribution in [1.82, 2.24) is 0 Å². The van der Waals surface area contributed by atoms with E-state index in [4.69, 9.17) is 0 Å². The van der Waals surface area contributed by atoms with Gasteiger partial charge in [0.1, 0.15) is 6.17 Å². The monoisotopic (exact) mass is 144 g/mol. The van der Waals surface area contributed by atoms with Crippen LogP contribution in [0.5, 0.6) is 0 Å². The molecule has 0 aromatic heterocycles. The van der Waals surface area contributed by atoms with E-state index in [-0.39, 0.29) is 0 Å². The summed E-state index contributed by atoms with van der Waals surface area (Å²) in [6.45, 7) is 2.14. The van der Waals surface area contributed by atoms with E-state index in [0.29, 0.717) is 5.92 Å². The summed E-state index contributed by atoms with van der Waals surface area (Å²) in [5.41, 5.74) is 0. The highest BCUT2D eigenvalue weighted by Gasteiger charge is 2.23. The number of rotatable bonds is 2. The molecule has 0 saturated heterocycles. The highest BCUT2D eigenvalue weighted by molar-refractivity contribution is 4.73. The molecule has 1 rings (SSSR count). The summed E-state index contributed by atoms with van der Waals surface area (Å²) in [7, 11) is 0. The van der Waals surface area contributed by atoms with Crippen LogP contribution in [-0.2, 0) is 0 Å². The number of halogens is 1. The topological polar surface area (TPSA) is 0 Å². The third-order valence-corrected chi connectivity index (χ3v) is 2.48. The molecule has 0 N–H and O–H groups in total. The first-order valence-corrected chi connectivity index (χ1v) is 4.48. The molecule has 0 aromatic rings. The lowest BCUT2D eigenvalue weighted by Gasteiger charge is -2.24. The van der Waals surface area contributed by atoms with E-state index in [9.17, 15) is 4.39 Å². The van der Waals surface area contributed by atoms with Crippen molar-refractivity contribution in [2.45, 2.75) is 51.6 Å². The van der Waals surface area contributed by atoms with E-state index in [1.54, 1.807) is 0 Å². The van der Waals surface area contributed by atoms with Crippen molar-refractivity contribution < 1.29 is 4.39 Å². The van der Waals surface area contributed by atoms with Gasteiger partial charge in [-0.2, -0.15) is 0 Å². The Morgan fingerprint density at radius 3 is 2.60 bits per heavy atom. The Kier molecular flexibility index (Phi) is 3.17. The lowest BCUT2D eigenvalue weighted by molar-refractivity contribution is 0.157. The molecule has 60 valence electrons. The minimum absolute atomic E-state index is 0.402. The first-order valence-electron chi connectivity index (χ1n) is 4.48. The van der Waals surface area contributed by atoms with Crippen LogP contribution in [0.4, 0.5) is 4.39 Å². The molecule has 2 unspecified atom stereocenters. The lowest BCUT2D eigenvalue weighted by atomic mass is 9.85. The third-order valence-electron chi connectivity index (χ3n) is 2.48. The van der Waals surface area contributed by atoms with Crippen LogP contribution in [0.25, 0.3) is 0 Å². The van der Waals surface area contributed by atoms with Crippen LogP contribution in [0.15, 0.2) is 0 Å². The highest BCUT2D eigenvalue weighted by atomic mass is 19.1. The Hall–Kier alpha value is -0.0700. The first-order chi connectivity index (χ1) is 4.84. The van der Waals surface area contributed by atoms with Crippen LogP contribution in [0.1, 0.15) is 45.4 Å². The van der Waals surface area contributed by atoms with Crippen molar-refractivity contribution in [2.75, 3.05) is 0 Å². The molecule has 1 saturated carbocycles. The predicted molar refractivity (Wildman–Crippen MR) is 41.8 cm³/mol. The molecule has 0 spiro atoms. The molecule has 1 aliphatic carbocycles. The Labute approximate surface area is 62.8 Å². The summed E-state index contributed by atoms with van der Waals surface area (Å²) >= 11 is 0. The molecule has 0 aromatic carbocycles. The van der Waals surface area contributed by atoms with Gasteiger partial charge in [0.05, 0.1) is 0 Å². The lowest BCUT2D eigenvalue weighted by Crippen LogP contribution is -2.19. The summed E-state index contributed by atoms with van der Waals surface area (Å²) in [4.78, 5) is 0. The SMILES string of the molecule is CCCC1CCCCC1F. The van der Waals surface area contributed by atoms with E-state index in [2.05, 4.69) is 6.92 Å². The molecule has 1 heteroatoms. The van der Waals surface area contributed by atoms with Crippen LogP contribution in [-0.4, -0.2) is 6.17 Å². The summed E-state index contributed by atoms with van der Waals surface area (Å²) in [6.07, 6.45) is 6.09. The summed E-state index contributed by atoms with van der Waals surface area (Å²) in [6, 6.07) is 0. The molecule has 0 heterocycles. The minimum atomic E-state index is -0.478. The molecule has 0 aliphatic heterocycles. The zero-order valence-corrected chi connectivity index (χ0v) is 6.78. The van der Waals surface area contributed by atoms with Gasteiger partial charge in [-0.05, 0) is 25.2 Å². The smallest absolute Gasteiger partial charge is 0.103 e. The fourth-order valence-corrected chi connectivity index (χ4v) is 1.86. The van der Waals surface area contributed by atoms with Gasteiger partial charge < -0.3 is 0 Å². The molecular formula is C9H17F. The van der Waals surface area contributed by atoms with Crippen molar-refractivity contribution >= 4 is 0 Å². The molecule has 1 aliphatic rings. The van der Waals surface area contributed by atoms with Crippen molar-refractivity contribution in [3.05, 3.63) is 0 Å². The maximum absolute atomic E-state index is 13.0. The van der Waals surface area contributed by atoms with E-state index in [1.165, 1.54) is 6.42 Å². The summed E-state index contributed by atoms with van der Waals surface area (Å²) in [5, 5.41) is 0. The second-order valence-electron chi connectivity index (χ2n) is 3.35. The minimum Gasteiger partial charge on any atom is -0.247 e. The van der Waals surface area contributed by atoms with Gasteiger partial charge in [-0.1, -0.05) is 26.2 Å². The average molecular weight is 144 g/mol. The molecule has 0 radical (unpaired) electrons. The van der Waals surface area contributed by atoms with Crippen LogP contribution in [0, 0.1) is 5.92 Å². The quantitative estimate of drug-likeness (QED) is 0.557. The van der Waals surface area contributed by atoms with Gasteiger partial charge in [0.15, 0.2) is 0 Å². The zero-order chi connectivity index (χ0) is 7.40. The fourth-order valence-electron chi connectivity index (χ4n) is 1.86. The van der Waals surface area contributed by atoms with Crippen molar-refractivity contribution in [3.8, 4) is 0 Å². The zero-order valence-electron chi connectivity index (χ0n) is 6.78. The van der Waals surface area contributed by atoms with Crippen molar-refractivity contribution in [1.29, 1.82) is 0 Å². The van der Waals surface area contributed by atoms with E-state index in [0.717, 1.165) is 32.1 Å². The number of alkyl halides is 1. The van der Waals surface area contributed by atoms with Crippen LogP contribution < -0.4 is 0 Å². The molecule has 0 nitrogen and oxygen atoms in total. The van der Waals surface area contributed by atoms with Gasteiger partial charge in [0, 0.05) is 0 Å². The van der Waals surface area contributed by atoms with E-state index in [1.807, 2.05) is 0 Å². The van der Waals surface area contributed by atoms with Gasteiger partial charge >= 0.3 is 0 Å². The normalized spacial score (nSPS) is 34.2. The molecule has 1 fully saturated rings. The largest absolute Gasteiger partial charge is 0.247 e. The number of hydrogen-bond donors (Lipinski definition) is 0. The third kappa shape index (κ3) is 1.96. The molecule has 0 bridgehead atoms. The van der Waals surface area contributed by atoms with E-state index < -0.39 is 6.17 Å². The second-order valence-corrected chi connectivity index (χ2v) is 3.35. The molecular weight excluding hydrogens is 127 g/mol. The van der Waals surface area contributed by atoms with Gasteiger partial charge in [-0.3, -0.25) is 0 Å². The van der Waals surface area contributed by atoms with E-state index >= 15 is 0 Å². The Bertz CT molecular complexity index is 88.7. The average Bonchev–Trinajstić information content (AvgIpc) is 1.94. The molecule has 2 atom stereocenters. The van der Waals surface area contributed by atoms with Crippen molar-refractivity contribution in [3.63, 3.8) is 0 Å². The molecule has 10 heavy (non-hydrogen) atoms. The first kappa shape index (κ1) is 8.03. The Balaban J connectivity index is 2.25. The van der Waals surface area contributed by atoms with Gasteiger partial charge in [0.25, 0.3) is 0 Å². The molecule has 0 amide bonds. The van der Waals surface area contributed by atoms with Gasteiger partial charge in [-0.25, -0.2) is 4.39 Å². The number of hydrogen-bond acceptors (Lipinski definition) is 0. The maximum atomic E-state index is 13.0. The van der Waals surface area contributed by atoms with Crippen LogP contribution in [0.2, 0.25) is 0 Å². The fraction of sp³-hybridized carbons (Fsp3) is 1.00.